The summed E-state index contributed by atoms with van der Waals surface area (Å²) in [5.41, 5.74) is 2.34. The zero-order chi connectivity index (χ0) is 26.6. The molecule has 2 aliphatic rings. The molecule has 0 bridgehead atoms. The van der Waals surface area contributed by atoms with Crippen molar-refractivity contribution in [3.05, 3.63) is 70.2 Å². The number of aryl methyl sites for hydroxylation is 1. The van der Waals surface area contributed by atoms with Gasteiger partial charge in [-0.2, -0.15) is 4.98 Å². The molecule has 1 aromatic carbocycles. The van der Waals surface area contributed by atoms with Crippen molar-refractivity contribution < 1.29 is 9.52 Å². The van der Waals surface area contributed by atoms with Crippen molar-refractivity contribution in [3.8, 4) is 0 Å². The Hall–Kier alpha value is -3.87. The summed E-state index contributed by atoms with van der Waals surface area (Å²) in [7, 11) is 1.73. The number of aliphatic imine (C=N–C) groups is 1. The number of imidazole rings is 1. The number of furan rings is 1. The third-order valence-corrected chi connectivity index (χ3v) is 7.45. The van der Waals surface area contributed by atoms with E-state index in [-0.39, 0.29) is 12.4 Å². The van der Waals surface area contributed by atoms with Gasteiger partial charge < -0.3 is 14.4 Å². The predicted molar refractivity (Wildman–Crippen MR) is 145 cm³/mol. The fourth-order valence-corrected chi connectivity index (χ4v) is 5.24. The molecule has 38 heavy (non-hydrogen) atoms. The smallest absolute Gasteiger partial charge is 0.345 e. The first kappa shape index (κ1) is 24.5. The van der Waals surface area contributed by atoms with Gasteiger partial charge in [0.05, 0.1) is 11.9 Å². The van der Waals surface area contributed by atoms with E-state index in [1.807, 2.05) is 18.2 Å². The maximum Gasteiger partial charge on any atom is 0.345 e. The zero-order valence-electron chi connectivity index (χ0n) is 21.9. The quantitative estimate of drug-likeness (QED) is 0.361. The highest BCUT2D eigenvalue weighted by molar-refractivity contribution is 6.14. The van der Waals surface area contributed by atoms with Gasteiger partial charge in [0, 0.05) is 52.0 Å². The molecule has 200 valence electrons. The van der Waals surface area contributed by atoms with Crippen LogP contribution in [0.25, 0.3) is 5.78 Å². The molecule has 0 spiro atoms. The van der Waals surface area contributed by atoms with E-state index in [1.54, 1.807) is 47.0 Å². The van der Waals surface area contributed by atoms with Gasteiger partial charge in [0.15, 0.2) is 11.6 Å². The topological polar surface area (TPSA) is 126 Å². The Morgan fingerprint density at radius 3 is 2.47 bits per heavy atom. The molecule has 6 rings (SSSR count). The van der Waals surface area contributed by atoms with Gasteiger partial charge in [0.25, 0.3) is 0 Å². The monoisotopic (exact) mass is 519 g/mol. The molecule has 1 saturated heterocycles. The lowest BCUT2D eigenvalue weighted by atomic mass is 9.98. The Kier molecular flexibility index (Phi) is 5.89. The van der Waals surface area contributed by atoms with Crippen molar-refractivity contribution in [3.63, 3.8) is 0 Å². The molecule has 0 atom stereocenters. The molecule has 0 aliphatic carbocycles. The highest BCUT2D eigenvalue weighted by Crippen LogP contribution is 2.27. The fourth-order valence-electron chi connectivity index (χ4n) is 5.24. The van der Waals surface area contributed by atoms with E-state index in [9.17, 15) is 9.90 Å². The van der Waals surface area contributed by atoms with E-state index in [0.29, 0.717) is 35.3 Å². The van der Waals surface area contributed by atoms with Crippen molar-refractivity contribution in [2.75, 3.05) is 49.3 Å². The number of rotatable bonds is 6. The fraction of sp³-hybridized carbons (Fsp3) is 0.423. The molecule has 3 aromatic heterocycles. The number of hydrogen-bond acceptors (Lipinski definition) is 9. The molecule has 0 unspecified atom stereocenters. The van der Waals surface area contributed by atoms with E-state index in [2.05, 4.69) is 26.9 Å². The number of nitrogens with zero attached hydrogens (tertiary/aromatic N) is 8. The van der Waals surface area contributed by atoms with Crippen LogP contribution in [0.1, 0.15) is 30.9 Å². The van der Waals surface area contributed by atoms with E-state index in [4.69, 9.17) is 15.2 Å². The van der Waals surface area contributed by atoms with Crippen LogP contribution in [0.2, 0.25) is 0 Å². The summed E-state index contributed by atoms with van der Waals surface area (Å²) in [6, 6.07) is 11.8. The Bertz CT molecular complexity index is 1530. The Morgan fingerprint density at radius 1 is 1.08 bits per heavy atom. The molecule has 0 radical (unpaired) electrons. The van der Waals surface area contributed by atoms with Crippen LogP contribution in [0.4, 0.5) is 11.5 Å². The van der Waals surface area contributed by atoms with Crippen molar-refractivity contribution in [1.82, 2.24) is 23.6 Å². The Morgan fingerprint density at radius 2 is 1.82 bits per heavy atom. The Balaban J connectivity index is 1.18. The second-order valence-electron chi connectivity index (χ2n) is 10.4. The molecule has 12 nitrogen and oxygen atoms in total. The zero-order valence-corrected chi connectivity index (χ0v) is 21.9. The lowest BCUT2D eigenvalue weighted by Crippen LogP contribution is -2.47. The number of piperazine rings is 1. The van der Waals surface area contributed by atoms with E-state index < -0.39 is 5.60 Å². The van der Waals surface area contributed by atoms with Crippen LogP contribution >= 0.6 is 0 Å². The molecule has 0 amide bonds. The van der Waals surface area contributed by atoms with Crippen molar-refractivity contribution in [2.24, 2.45) is 17.9 Å². The van der Waals surface area contributed by atoms with Gasteiger partial charge in [0.2, 0.25) is 5.78 Å². The minimum absolute atomic E-state index is 0.145. The summed E-state index contributed by atoms with van der Waals surface area (Å²) in [6.07, 6.45) is 1.60. The van der Waals surface area contributed by atoms with Gasteiger partial charge in [-0.05, 0) is 43.7 Å². The summed E-state index contributed by atoms with van der Waals surface area (Å²) >= 11 is 0. The average Bonchev–Trinajstić information content (AvgIpc) is 3.62. The highest BCUT2D eigenvalue weighted by atomic mass is 16.3. The molecule has 5 heterocycles. The van der Waals surface area contributed by atoms with Crippen LogP contribution < -0.4 is 21.4 Å². The minimum Gasteiger partial charge on any atom is -0.463 e. The molecule has 3 N–H and O–H groups in total. The molecule has 1 fully saturated rings. The number of nitrogens with two attached hydrogens (primary N) is 1. The molecular formula is C26H33N9O3. The number of aromatic nitrogens is 4. The molecule has 2 aliphatic heterocycles. The first-order valence-corrected chi connectivity index (χ1v) is 12.8. The SMILES string of the molecule is Cn1c(=O)n(CCN2CCN(c3ccc(C(C)(C)O)cc3)CC2)c2nc3c(n21)C(c1ccco1)=NCN3N. The van der Waals surface area contributed by atoms with E-state index >= 15 is 0 Å². The van der Waals surface area contributed by atoms with Crippen LogP contribution in [-0.4, -0.2) is 73.9 Å². The van der Waals surface area contributed by atoms with Gasteiger partial charge in [-0.1, -0.05) is 12.1 Å². The van der Waals surface area contributed by atoms with Gasteiger partial charge in [-0.25, -0.2) is 19.8 Å². The van der Waals surface area contributed by atoms with Crippen molar-refractivity contribution in [1.29, 1.82) is 0 Å². The third-order valence-electron chi connectivity index (χ3n) is 7.45. The van der Waals surface area contributed by atoms with E-state index in [1.165, 1.54) is 5.01 Å². The number of benzene rings is 1. The molecule has 4 aromatic rings. The number of hydrazine groups is 1. The standard InChI is InChI=1S/C26H33N9O3/c1-26(2,37)18-6-8-19(9-7-18)32-13-10-31(11-14-32)12-15-33-24-29-23-22(35(24)30(3)25(33)36)21(28-17-34(23)27)20-5-4-16-38-20/h4-9,16,37H,10-15,17,27H2,1-3H3. The molecule has 12 heteroatoms. The van der Waals surface area contributed by atoms with Crippen LogP contribution in [0.5, 0.6) is 0 Å². The normalized spacial score (nSPS) is 16.8. The highest BCUT2D eigenvalue weighted by Gasteiger charge is 2.31. The number of hydrogen-bond donors (Lipinski definition) is 2. The molecule has 0 saturated carbocycles. The maximum atomic E-state index is 13.2. The summed E-state index contributed by atoms with van der Waals surface area (Å²) in [4.78, 5) is 27.3. The van der Waals surface area contributed by atoms with E-state index in [0.717, 1.165) is 44.0 Å². The second kappa shape index (κ2) is 9.15. The largest absolute Gasteiger partial charge is 0.463 e. The summed E-state index contributed by atoms with van der Waals surface area (Å²) in [6.45, 7) is 8.65. The summed E-state index contributed by atoms with van der Waals surface area (Å²) in [5.74, 6) is 7.90. The van der Waals surface area contributed by atoms with Crippen LogP contribution in [0, 0.1) is 0 Å². The number of fused-ring (bicyclic) bond motifs is 3. The van der Waals surface area contributed by atoms with Crippen LogP contribution in [0.3, 0.4) is 0 Å². The Labute approximate surface area is 219 Å². The number of anilines is 2. The first-order chi connectivity index (χ1) is 18.2. The lowest BCUT2D eigenvalue weighted by Gasteiger charge is -2.36. The summed E-state index contributed by atoms with van der Waals surface area (Å²) < 4.78 is 10.6. The second-order valence-corrected chi connectivity index (χ2v) is 10.4. The maximum absolute atomic E-state index is 13.2. The lowest BCUT2D eigenvalue weighted by molar-refractivity contribution is 0.0786. The summed E-state index contributed by atoms with van der Waals surface area (Å²) in [5, 5.41) is 11.7. The number of aliphatic hydroxyl groups is 1. The van der Waals surface area contributed by atoms with Gasteiger partial charge >= 0.3 is 5.69 Å². The van der Waals surface area contributed by atoms with Gasteiger partial charge in [-0.15, -0.1) is 0 Å². The first-order valence-electron chi connectivity index (χ1n) is 12.8. The minimum atomic E-state index is -0.845. The van der Waals surface area contributed by atoms with Crippen LogP contribution in [0.15, 0.2) is 56.9 Å². The van der Waals surface area contributed by atoms with Gasteiger partial charge in [-0.3, -0.25) is 19.5 Å². The molecular weight excluding hydrogens is 486 g/mol. The van der Waals surface area contributed by atoms with Gasteiger partial charge in [0.1, 0.15) is 18.1 Å². The van der Waals surface area contributed by atoms with Crippen molar-refractivity contribution in [2.45, 2.75) is 26.0 Å². The average molecular weight is 520 g/mol. The van der Waals surface area contributed by atoms with Crippen LogP contribution in [-0.2, 0) is 19.2 Å². The predicted octanol–water partition coefficient (Wildman–Crippen LogP) is 0.966. The third kappa shape index (κ3) is 4.10. The van der Waals surface area contributed by atoms with Crippen molar-refractivity contribution >= 4 is 23.0 Å².